The molecule has 0 spiro atoms. The van der Waals surface area contributed by atoms with E-state index < -0.39 is 11.6 Å². The molecule has 0 saturated carbocycles. The van der Waals surface area contributed by atoms with Gasteiger partial charge in [0.05, 0.1) is 5.69 Å². The van der Waals surface area contributed by atoms with E-state index in [2.05, 4.69) is 10.3 Å². The molecule has 0 bridgehead atoms. The zero-order chi connectivity index (χ0) is 13.8. The molecule has 0 saturated heterocycles. The van der Waals surface area contributed by atoms with Crippen LogP contribution in [0.25, 0.3) is 0 Å². The van der Waals surface area contributed by atoms with E-state index in [9.17, 15) is 8.78 Å². The SMILES string of the molecule is N#Cc1nc(NCc2ccc(F)cc2F)ccc1N. The number of hydrogen-bond donors (Lipinski definition) is 2. The molecule has 0 amide bonds. The number of benzene rings is 1. The minimum absolute atomic E-state index is 0.101. The molecule has 19 heavy (non-hydrogen) atoms. The number of nitrogens with two attached hydrogens (primary N) is 1. The zero-order valence-corrected chi connectivity index (χ0v) is 9.82. The predicted molar refractivity (Wildman–Crippen MR) is 67.0 cm³/mol. The Balaban J connectivity index is 2.13. The van der Waals surface area contributed by atoms with E-state index in [-0.39, 0.29) is 17.9 Å². The summed E-state index contributed by atoms with van der Waals surface area (Å²) in [6.45, 7) is 0.133. The van der Waals surface area contributed by atoms with Crippen LogP contribution in [0, 0.1) is 23.0 Å². The Labute approximate surface area is 108 Å². The molecule has 96 valence electrons. The number of nitriles is 1. The molecular weight excluding hydrogens is 250 g/mol. The molecule has 0 fully saturated rings. The van der Waals surface area contributed by atoms with Crippen LogP contribution in [0.2, 0.25) is 0 Å². The number of nitrogens with zero attached hydrogens (tertiary/aromatic N) is 2. The molecule has 3 N–H and O–H groups in total. The fourth-order valence-corrected chi connectivity index (χ4v) is 1.51. The van der Waals surface area contributed by atoms with Crippen LogP contribution in [-0.2, 0) is 6.54 Å². The van der Waals surface area contributed by atoms with Gasteiger partial charge in [0.25, 0.3) is 0 Å². The smallest absolute Gasteiger partial charge is 0.165 e. The number of nitrogens with one attached hydrogen (secondary N) is 1. The Hall–Kier alpha value is -2.68. The average molecular weight is 260 g/mol. The molecule has 2 rings (SSSR count). The topological polar surface area (TPSA) is 74.7 Å². The molecule has 0 radical (unpaired) electrons. The Morgan fingerprint density at radius 3 is 2.74 bits per heavy atom. The largest absolute Gasteiger partial charge is 0.396 e. The van der Waals surface area contributed by atoms with Gasteiger partial charge >= 0.3 is 0 Å². The van der Waals surface area contributed by atoms with Crippen molar-refractivity contribution in [1.82, 2.24) is 4.98 Å². The first-order valence-corrected chi connectivity index (χ1v) is 5.44. The van der Waals surface area contributed by atoms with E-state index in [0.29, 0.717) is 11.4 Å². The summed E-state index contributed by atoms with van der Waals surface area (Å²) in [6.07, 6.45) is 0. The van der Waals surface area contributed by atoms with Gasteiger partial charge in [-0.25, -0.2) is 13.8 Å². The first kappa shape index (κ1) is 12.8. The molecule has 0 unspecified atom stereocenters. The monoisotopic (exact) mass is 260 g/mol. The van der Waals surface area contributed by atoms with Crippen LogP contribution in [0.4, 0.5) is 20.3 Å². The van der Waals surface area contributed by atoms with Crippen LogP contribution in [0.5, 0.6) is 0 Å². The Morgan fingerprint density at radius 1 is 1.26 bits per heavy atom. The van der Waals surface area contributed by atoms with E-state index in [4.69, 9.17) is 11.0 Å². The van der Waals surface area contributed by atoms with Crippen LogP contribution in [0.1, 0.15) is 11.3 Å². The van der Waals surface area contributed by atoms with Gasteiger partial charge in [0.15, 0.2) is 5.69 Å². The number of aromatic nitrogens is 1. The lowest BCUT2D eigenvalue weighted by atomic mass is 10.2. The molecule has 0 aliphatic carbocycles. The summed E-state index contributed by atoms with van der Waals surface area (Å²) < 4.78 is 26.1. The van der Waals surface area contributed by atoms with E-state index in [1.165, 1.54) is 18.2 Å². The quantitative estimate of drug-likeness (QED) is 0.888. The fourth-order valence-electron chi connectivity index (χ4n) is 1.51. The van der Waals surface area contributed by atoms with Crippen molar-refractivity contribution in [3.63, 3.8) is 0 Å². The van der Waals surface area contributed by atoms with Gasteiger partial charge < -0.3 is 11.1 Å². The number of anilines is 2. The van der Waals surface area contributed by atoms with Crippen molar-refractivity contribution in [3.8, 4) is 6.07 Å². The summed E-state index contributed by atoms with van der Waals surface area (Å²) in [5.74, 6) is -0.864. The van der Waals surface area contributed by atoms with Crippen molar-refractivity contribution in [2.75, 3.05) is 11.1 Å². The first-order chi connectivity index (χ1) is 9.10. The third kappa shape index (κ3) is 2.96. The number of rotatable bonds is 3. The maximum absolute atomic E-state index is 13.4. The molecule has 0 aliphatic heterocycles. The van der Waals surface area contributed by atoms with E-state index in [1.54, 1.807) is 6.07 Å². The number of nitrogen functional groups attached to an aromatic ring is 1. The lowest BCUT2D eigenvalue weighted by Crippen LogP contribution is -2.05. The Kier molecular flexibility index (Phi) is 3.57. The second-order valence-electron chi connectivity index (χ2n) is 3.84. The van der Waals surface area contributed by atoms with Gasteiger partial charge in [-0.1, -0.05) is 6.07 Å². The molecule has 1 heterocycles. The molecular formula is C13H10F2N4. The Bertz CT molecular complexity index is 650. The Morgan fingerprint density at radius 2 is 2.05 bits per heavy atom. The summed E-state index contributed by atoms with van der Waals surface area (Å²) in [7, 11) is 0. The van der Waals surface area contributed by atoms with E-state index >= 15 is 0 Å². The molecule has 4 nitrogen and oxygen atoms in total. The van der Waals surface area contributed by atoms with Gasteiger partial charge in [-0.05, 0) is 18.2 Å². The summed E-state index contributed by atoms with van der Waals surface area (Å²) in [6, 6.07) is 8.31. The van der Waals surface area contributed by atoms with Gasteiger partial charge in [0.1, 0.15) is 23.5 Å². The van der Waals surface area contributed by atoms with E-state index in [0.717, 1.165) is 6.07 Å². The maximum atomic E-state index is 13.4. The lowest BCUT2D eigenvalue weighted by Gasteiger charge is -2.07. The second-order valence-corrected chi connectivity index (χ2v) is 3.84. The van der Waals surface area contributed by atoms with Crippen LogP contribution in [0.3, 0.4) is 0 Å². The minimum atomic E-state index is -0.636. The van der Waals surface area contributed by atoms with Gasteiger partial charge in [-0.15, -0.1) is 0 Å². The van der Waals surface area contributed by atoms with Crippen LogP contribution in [-0.4, -0.2) is 4.98 Å². The molecule has 6 heteroatoms. The summed E-state index contributed by atoms with van der Waals surface area (Å²) >= 11 is 0. The van der Waals surface area contributed by atoms with Crippen molar-refractivity contribution < 1.29 is 8.78 Å². The maximum Gasteiger partial charge on any atom is 0.165 e. The third-order valence-corrected chi connectivity index (χ3v) is 2.51. The molecule has 1 aromatic heterocycles. The highest BCUT2D eigenvalue weighted by molar-refractivity contribution is 5.54. The highest BCUT2D eigenvalue weighted by atomic mass is 19.1. The number of pyridine rings is 1. The predicted octanol–water partition coefficient (Wildman–Crippen LogP) is 2.43. The van der Waals surface area contributed by atoms with Crippen molar-refractivity contribution >= 4 is 11.5 Å². The lowest BCUT2D eigenvalue weighted by molar-refractivity contribution is 0.574. The van der Waals surface area contributed by atoms with Gasteiger partial charge in [-0.2, -0.15) is 5.26 Å². The van der Waals surface area contributed by atoms with Gasteiger partial charge in [0.2, 0.25) is 0 Å². The number of hydrogen-bond acceptors (Lipinski definition) is 4. The van der Waals surface area contributed by atoms with Crippen molar-refractivity contribution in [3.05, 3.63) is 53.2 Å². The normalized spacial score (nSPS) is 9.95. The second kappa shape index (κ2) is 5.31. The summed E-state index contributed by atoms with van der Waals surface area (Å²) in [4.78, 5) is 3.96. The van der Waals surface area contributed by atoms with E-state index in [1.807, 2.05) is 6.07 Å². The zero-order valence-electron chi connectivity index (χ0n) is 9.82. The molecule has 0 aliphatic rings. The standard InChI is InChI=1S/C13H10F2N4/c14-9-2-1-8(10(15)5-9)7-18-13-4-3-11(17)12(6-16)19-13/h1-5H,7,17H2,(H,18,19). The highest BCUT2D eigenvalue weighted by Gasteiger charge is 2.05. The van der Waals surface area contributed by atoms with Crippen molar-refractivity contribution in [2.45, 2.75) is 6.54 Å². The third-order valence-electron chi connectivity index (χ3n) is 2.51. The summed E-state index contributed by atoms with van der Waals surface area (Å²) in [5, 5.41) is 11.6. The number of halogens is 2. The van der Waals surface area contributed by atoms with Crippen molar-refractivity contribution in [2.24, 2.45) is 0 Å². The molecule has 0 atom stereocenters. The van der Waals surface area contributed by atoms with Crippen LogP contribution < -0.4 is 11.1 Å². The molecule has 1 aromatic carbocycles. The average Bonchev–Trinajstić information content (AvgIpc) is 2.39. The summed E-state index contributed by atoms with van der Waals surface area (Å²) in [5.41, 5.74) is 6.22. The highest BCUT2D eigenvalue weighted by Crippen LogP contribution is 2.15. The van der Waals surface area contributed by atoms with Crippen molar-refractivity contribution in [1.29, 1.82) is 5.26 Å². The van der Waals surface area contributed by atoms with Crippen LogP contribution >= 0.6 is 0 Å². The molecule has 2 aromatic rings. The van der Waals surface area contributed by atoms with Crippen LogP contribution in [0.15, 0.2) is 30.3 Å². The van der Waals surface area contributed by atoms with Gasteiger partial charge in [-0.3, -0.25) is 0 Å². The van der Waals surface area contributed by atoms with Gasteiger partial charge in [0, 0.05) is 18.2 Å². The fraction of sp³-hybridized carbons (Fsp3) is 0.0769. The minimum Gasteiger partial charge on any atom is -0.396 e. The first-order valence-electron chi connectivity index (χ1n) is 5.44.